The Hall–Kier alpha value is -1.20. The predicted molar refractivity (Wildman–Crippen MR) is 107 cm³/mol. The summed E-state index contributed by atoms with van der Waals surface area (Å²) in [7, 11) is 0. The van der Waals surface area contributed by atoms with Crippen LogP contribution < -0.4 is 5.73 Å². The molecular formula is C21H41F2NO3. The van der Waals surface area contributed by atoms with Gasteiger partial charge in [0, 0.05) is 6.42 Å². The summed E-state index contributed by atoms with van der Waals surface area (Å²) in [6.45, 7) is 11.2. The molecule has 0 bridgehead atoms. The lowest BCUT2D eigenvalue weighted by Gasteiger charge is -2.30. The Morgan fingerprint density at radius 3 is 1.52 bits per heavy atom. The Balaban J connectivity index is 0. The van der Waals surface area contributed by atoms with Crippen LogP contribution in [-0.2, 0) is 9.59 Å². The van der Waals surface area contributed by atoms with Crippen molar-refractivity contribution in [2.24, 2.45) is 17.6 Å². The summed E-state index contributed by atoms with van der Waals surface area (Å²) < 4.78 is 26.4. The molecule has 0 aromatic carbocycles. The van der Waals surface area contributed by atoms with E-state index in [1.54, 1.807) is 13.8 Å². The molecule has 0 unspecified atom stereocenters. The first-order chi connectivity index (χ1) is 12.5. The molecule has 0 aromatic heterocycles. The fraction of sp³-hybridized carbons (Fsp3) is 0.905. The molecule has 4 nitrogen and oxygen atoms in total. The molecule has 0 heterocycles. The van der Waals surface area contributed by atoms with E-state index in [1.807, 2.05) is 27.7 Å². The summed E-state index contributed by atoms with van der Waals surface area (Å²) in [4.78, 5) is 21.0. The molecule has 2 aliphatic rings. The first-order valence-corrected chi connectivity index (χ1v) is 10.4. The normalized spacial score (nSPS) is 32.3. The maximum atomic E-state index is 13.3. The van der Waals surface area contributed by atoms with Gasteiger partial charge in [-0.3, -0.25) is 9.59 Å². The van der Waals surface area contributed by atoms with Crippen LogP contribution in [0.5, 0.6) is 0 Å². The predicted octanol–water partition coefficient (Wildman–Crippen LogP) is 5.82. The van der Waals surface area contributed by atoms with Crippen molar-refractivity contribution in [1.29, 1.82) is 0 Å². The van der Waals surface area contributed by atoms with E-state index < -0.39 is 17.3 Å². The molecule has 0 spiro atoms. The van der Waals surface area contributed by atoms with Crippen LogP contribution >= 0.6 is 0 Å². The van der Waals surface area contributed by atoms with Gasteiger partial charge in [0.15, 0.2) is 0 Å². The number of nitrogens with two attached hydrogens (primary N) is 1. The minimum Gasteiger partial charge on any atom is -0.481 e. The number of alkyl halides is 2. The quantitative estimate of drug-likeness (QED) is 0.634. The van der Waals surface area contributed by atoms with E-state index in [4.69, 9.17) is 10.8 Å². The fourth-order valence-electron chi connectivity index (χ4n) is 3.23. The van der Waals surface area contributed by atoms with E-state index >= 15 is 0 Å². The highest BCUT2D eigenvalue weighted by Crippen LogP contribution is 2.36. The van der Waals surface area contributed by atoms with Crippen molar-refractivity contribution < 1.29 is 23.5 Å². The van der Waals surface area contributed by atoms with Crippen molar-refractivity contribution in [3.8, 4) is 0 Å². The van der Waals surface area contributed by atoms with Crippen LogP contribution in [0.2, 0.25) is 0 Å². The van der Waals surface area contributed by atoms with Gasteiger partial charge in [0.25, 0.3) is 0 Å². The summed E-state index contributed by atoms with van der Waals surface area (Å²) in [6.07, 6.45) is 4.94. The van der Waals surface area contributed by atoms with Crippen LogP contribution in [0.15, 0.2) is 0 Å². The first-order valence-electron chi connectivity index (χ1n) is 10.4. The Morgan fingerprint density at radius 1 is 0.889 bits per heavy atom. The lowest BCUT2D eigenvalue weighted by atomic mass is 9.79. The molecule has 0 saturated heterocycles. The Labute approximate surface area is 164 Å². The number of hydrogen-bond acceptors (Lipinski definition) is 2. The van der Waals surface area contributed by atoms with Gasteiger partial charge < -0.3 is 10.8 Å². The molecule has 2 rings (SSSR count). The summed E-state index contributed by atoms with van der Waals surface area (Å²) in [5.41, 5.74) is 2.93. The number of carboxylic acid groups (broad SMARTS) is 1. The van der Waals surface area contributed by atoms with Crippen molar-refractivity contribution in [3.63, 3.8) is 0 Å². The molecule has 27 heavy (non-hydrogen) atoms. The van der Waals surface area contributed by atoms with Gasteiger partial charge >= 0.3 is 5.97 Å². The zero-order valence-electron chi connectivity index (χ0n) is 18.1. The molecule has 0 aliphatic heterocycles. The number of carbonyl (C=O) groups excluding carboxylic acids is 1. The smallest absolute Gasteiger partial charge is 0.306 e. The van der Waals surface area contributed by atoms with Crippen LogP contribution in [0.25, 0.3) is 0 Å². The maximum Gasteiger partial charge on any atom is 0.306 e. The molecular weight excluding hydrogens is 352 g/mol. The van der Waals surface area contributed by atoms with Crippen molar-refractivity contribution in [2.75, 3.05) is 0 Å². The van der Waals surface area contributed by atoms with Gasteiger partial charge in [0.05, 0.1) is 5.92 Å². The highest BCUT2D eigenvalue weighted by atomic mass is 19.1. The average Bonchev–Trinajstić information content (AvgIpc) is 2.60. The van der Waals surface area contributed by atoms with Gasteiger partial charge in [-0.15, -0.1) is 0 Å². The second-order valence-corrected chi connectivity index (χ2v) is 7.55. The van der Waals surface area contributed by atoms with Gasteiger partial charge in [-0.2, -0.15) is 0 Å². The SMILES string of the molecule is CC.CC.CC1(F)CCC(C(=O)O)CC1.CC1(F)CCC(CC(N)=O)CC1. The number of halogens is 2. The molecule has 2 fully saturated rings. The van der Waals surface area contributed by atoms with E-state index in [1.165, 1.54) is 0 Å². The maximum absolute atomic E-state index is 13.3. The second-order valence-electron chi connectivity index (χ2n) is 7.55. The number of carboxylic acids is 1. The van der Waals surface area contributed by atoms with Crippen molar-refractivity contribution in [1.82, 2.24) is 0 Å². The lowest BCUT2D eigenvalue weighted by molar-refractivity contribution is -0.143. The Bertz CT molecular complexity index is 406. The van der Waals surface area contributed by atoms with Crippen LogP contribution in [0.4, 0.5) is 8.78 Å². The fourth-order valence-corrected chi connectivity index (χ4v) is 3.23. The molecule has 0 aromatic rings. The third kappa shape index (κ3) is 13.6. The van der Waals surface area contributed by atoms with Crippen LogP contribution in [-0.4, -0.2) is 28.3 Å². The number of aliphatic carboxylic acids is 1. The summed E-state index contributed by atoms with van der Waals surface area (Å²) in [5, 5.41) is 8.59. The average molecular weight is 394 g/mol. The minimum atomic E-state index is -1.12. The van der Waals surface area contributed by atoms with Gasteiger partial charge in [-0.05, 0) is 71.1 Å². The third-order valence-electron chi connectivity index (χ3n) is 5.01. The molecule has 2 saturated carbocycles. The number of hydrogen-bond donors (Lipinski definition) is 2. The highest BCUT2D eigenvalue weighted by molar-refractivity contribution is 5.74. The van der Waals surface area contributed by atoms with Gasteiger partial charge in [-0.1, -0.05) is 27.7 Å². The number of carbonyl (C=O) groups is 2. The third-order valence-corrected chi connectivity index (χ3v) is 5.01. The Kier molecular flexibility index (Phi) is 14.4. The molecule has 162 valence electrons. The van der Waals surface area contributed by atoms with E-state index in [9.17, 15) is 18.4 Å². The number of amides is 1. The number of rotatable bonds is 3. The van der Waals surface area contributed by atoms with Gasteiger partial charge in [0.2, 0.25) is 5.91 Å². The van der Waals surface area contributed by atoms with Gasteiger partial charge in [-0.25, -0.2) is 8.78 Å². The minimum absolute atomic E-state index is 0.262. The highest BCUT2D eigenvalue weighted by Gasteiger charge is 2.33. The molecule has 0 radical (unpaired) electrons. The standard InChI is InChI=1S/C9H16FNO.C8H13FO2.2C2H6/c1-9(10)4-2-7(3-5-9)6-8(11)12;1-8(9)4-2-6(3-5-8)7(10)11;2*1-2/h7H,2-6H2,1H3,(H2,11,12);6H,2-5H2,1H3,(H,10,11);2*1-2H3. The summed E-state index contributed by atoms with van der Waals surface area (Å²) in [5.74, 6) is -1.02. The molecule has 3 N–H and O–H groups in total. The largest absolute Gasteiger partial charge is 0.481 e. The van der Waals surface area contributed by atoms with Crippen molar-refractivity contribution in [3.05, 3.63) is 0 Å². The topological polar surface area (TPSA) is 80.4 Å². The van der Waals surface area contributed by atoms with E-state index in [-0.39, 0.29) is 11.8 Å². The zero-order chi connectivity index (χ0) is 21.7. The Morgan fingerprint density at radius 2 is 1.22 bits per heavy atom. The molecule has 2 aliphatic carbocycles. The first kappa shape index (κ1) is 28.0. The van der Waals surface area contributed by atoms with Crippen LogP contribution in [0, 0.1) is 11.8 Å². The van der Waals surface area contributed by atoms with Crippen molar-refractivity contribution >= 4 is 11.9 Å². The summed E-state index contributed by atoms with van der Waals surface area (Å²) >= 11 is 0. The van der Waals surface area contributed by atoms with Crippen LogP contribution in [0.1, 0.15) is 99.3 Å². The van der Waals surface area contributed by atoms with Crippen LogP contribution in [0.3, 0.4) is 0 Å². The molecule has 1 amide bonds. The van der Waals surface area contributed by atoms with Gasteiger partial charge in [0.1, 0.15) is 11.3 Å². The zero-order valence-corrected chi connectivity index (χ0v) is 18.1. The second kappa shape index (κ2) is 13.9. The van der Waals surface area contributed by atoms with Crippen molar-refractivity contribution in [2.45, 2.75) is 111 Å². The van der Waals surface area contributed by atoms with E-state index in [2.05, 4.69) is 0 Å². The molecule has 0 atom stereocenters. The van der Waals surface area contributed by atoms with E-state index in [0.29, 0.717) is 50.9 Å². The monoisotopic (exact) mass is 393 g/mol. The van der Waals surface area contributed by atoms with E-state index in [0.717, 1.165) is 12.8 Å². The number of primary amides is 1. The lowest BCUT2D eigenvalue weighted by Crippen LogP contribution is -2.29. The molecule has 6 heteroatoms. The summed E-state index contributed by atoms with van der Waals surface area (Å²) in [6, 6.07) is 0.